The maximum atomic E-state index is 11.8. The highest BCUT2D eigenvalue weighted by Crippen LogP contribution is 2.21. The van der Waals surface area contributed by atoms with Crippen LogP contribution in [0.15, 0.2) is 35.9 Å². The first-order valence-electron chi connectivity index (χ1n) is 4.69. The predicted molar refractivity (Wildman–Crippen MR) is 72.0 cm³/mol. The quantitative estimate of drug-likeness (QED) is 0.606. The lowest BCUT2D eigenvalue weighted by Gasteiger charge is -2.17. The fraction of sp³-hybridized carbons (Fsp3) is 0.250. The molecule has 2 nitrogen and oxygen atoms in total. The van der Waals surface area contributed by atoms with Crippen molar-refractivity contribution in [2.24, 2.45) is 0 Å². The molecule has 0 bridgehead atoms. The molecule has 0 saturated heterocycles. The summed E-state index contributed by atoms with van der Waals surface area (Å²) in [4.78, 5) is 13.4. The minimum Gasteiger partial charge on any atom is -0.311 e. The van der Waals surface area contributed by atoms with Crippen LogP contribution in [0.3, 0.4) is 0 Å². The van der Waals surface area contributed by atoms with Crippen LogP contribution in [0.4, 0.5) is 5.69 Å². The molecule has 0 aliphatic rings. The van der Waals surface area contributed by atoms with Crippen LogP contribution in [0, 0.1) is 3.57 Å². The molecule has 0 unspecified atom stereocenters. The molecule has 1 amide bonds. The van der Waals surface area contributed by atoms with Gasteiger partial charge in [0.1, 0.15) is 0 Å². The third-order valence-corrected chi connectivity index (χ3v) is 2.87. The lowest BCUT2D eigenvalue weighted by atomic mass is 10.2. The van der Waals surface area contributed by atoms with Crippen LogP contribution in [0.25, 0.3) is 0 Å². The van der Waals surface area contributed by atoms with Crippen molar-refractivity contribution in [3.63, 3.8) is 0 Å². The van der Waals surface area contributed by atoms with Gasteiger partial charge in [0.2, 0.25) is 0 Å². The second-order valence-corrected chi connectivity index (χ2v) is 4.73. The van der Waals surface area contributed by atoms with Gasteiger partial charge in [-0.05, 0) is 48.6 Å². The molecular formula is C12H14INO. The SMILES string of the molecule is CC(C)=CC(=O)N(C)c1ccccc1I. The molecule has 0 N–H and O–H groups in total. The van der Waals surface area contributed by atoms with Crippen molar-refractivity contribution in [1.29, 1.82) is 0 Å². The van der Waals surface area contributed by atoms with Gasteiger partial charge in [-0.1, -0.05) is 17.7 Å². The molecule has 1 rings (SSSR count). The number of allylic oxidation sites excluding steroid dienone is 1. The van der Waals surface area contributed by atoms with Crippen LogP contribution in [0.2, 0.25) is 0 Å². The van der Waals surface area contributed by atoms with Crippen LogP contribution in [0.1, 0.15) is 13.8 Å². The number of likely N-dealkylation sites (N-methyl/N-ethyl adjacent to an activating group) is 1. The number of nitrogens with zero attached hydrogens (tertiary/aromatic N) is 1. The highest BCUT2D eigenvalue weighted by Gasteiger charge is 2.10. The van der Waals surface area contributed by atoms with E-state index >= 15 is 0 Å². The van der Waals surface area contributed by atoms with Crippen LogP contribution >= 0.6 is 22.6 Å². The number of carbonyl (C=O) groups excluding carboxylic acids is 1. The number of hydrogen-bond acceptors (Lipinski definition) is 1. The molecule has 15 heavy (non-hydrogen) atoms. The zero-order valence-corrected chi connectivity index (χ0v) is 11.3. The maximum Gasteiger partial charge on any atom is 0.250 e. The zero-order chi connectivity index (χ0) is 11.4. The Bertz CT molecular complexity index is 394. The summed E-state index contributed by atoms with van der Waals surface area (Å²) in [5, 5.41) is 0. The summed E-state index contributed by atoms with van der Waals surface area (Å²) in [5.74, 6) is 0.0131. The van der Waals surface area contributed by atoms with E-state index in [1.807, 2.05) is 38.1 Å². The van der Waals surface area contributed by atoms with E-state index in [1.54, 1.807) is 18.0 Å². The number of halogens is 1. The van der Waals surface area contributed by atoms with E-state index in [4.69, 9.17) is 0 Å². The van der Waals surface area contributed by atoms with Crippen LogP contribution in [-0.4, -0.2) is 13.0 Å². The van der Waals surface area contributed by atoms with E-state index in [9.17, 15) is 4.79 Å². The number of hydrogen-bond donors (Lipinski definition) is 0. The highest BCUT2D eigenvalue weighted by atomic mass is 127. The first-order valence-corrected chi connectivity index (χ1v) is 5.77. The number of benzene rings is 1. The lowest BCUT2D eigenvalue weighted by Crippen LogP contribution is -2.25. The van der Waals surface area contributed by atoms with Gasteiger partial charge in [-0.15, -0.1) is 0 Å². The molecule has 1 aromatic carbocycles. The molecule has 0 atom stereocenters. The summed E-state index contributed by atoms with van der Waals surface area (Å²) in [7, 11) is 1.79. The molecule has 0 aromatic heterocycles. The largest absolute Gasteiger partial charge is 0.311 e. The molecule has 0 spiro atoms. The van der Waals surface area contributed by atoms with Crippen LogP contribution < -0.4 is 4.90 Å². The predicted octanol–water partition coefficient (Wildman–Crippen LogP) is 3.22. The van der Waals surface area contributed by atoms with E-state index in [2.05, 4.69) is 22.6 Å². The van der Waals surface area contributed by atoms with Crippen molar-refractivity contribution >= 4 is 34.2 Å². The monoisotopic (exact) mass is 315 g/mol. The average molecular weight is 315 g/mol. The average Bonchev–Trinajstić information content (AvgIpc) is 2.16. The summed E-state index contributed by atoms with van der Waals surface area (Å²) in [6.07, 6.45) is 1.64. The van der Waals surface area contributed by atoms with Gasteiger partial charge in [-0.2, -0.15) is 0 Å². The van der Waals surface area contributed by atoms with E-state index < -0.39 is 0 Å². The molecule has 0 aliphatic heterocycles. The molecule has 0 fully saturated rings. The van der Waals surface area contributed by atoms with Gasteiger partial charge < -0.3 is 4.90 Å². The molecule has 1 aromatic rings. The molecule has 80 valence electrons. The topological polar surface area (TPSA) is 20.3 Å². The van der Waals surface area contributed by atoms with Gasteiger partial charge in [0.05, 0.1) is 5.69 Å². The van der Waals surface area contributed by atoms with Gasteiger partial charge >= 0.3 is 0 Å². The Morgan fingerprint density at radius 2 is 1.93 bits per heavy atom. The van der Waals surface area contributed by atoms with Crippen molar-refractivity contribution < 1.29 is 4.79 Å². The zero-order valence-electron chi connectivity index (χ0n) is 9.12. The van der Waals surface area contributed by atoms with E-state index in [1.165, 1.54) is 0 Å². The second kappa shape index (κ2) is 5.30. The molecule has 0 saturated carbocycles. The Balaban J connectivity index is 2.95. The minimum absolute atomic E-state index is 0.0131. The Labute approximate surface area is 104 Å². The molecular weight excluding hydrogens is 301 g/mol. The summed E-state index contributed by atoms with van der Waals surface area (Å²) in [5.41, 5.74) is 1.96. The molecule has 3 heteroatoms. The fourth-order valence-electron chi connectivity index (χ4n) is 1.19. The van der Waals surface area contributed by atoms with Crippen molar-refractivity contribution in [2.45, 2.75) is 13.8 Å². The second-order valence-electron chi connectivity index (χ2n) is 3.57. The normalized spacial score (nSPS) is 9.60. The van der Waals surface area contributed by atoms with Gasteiger partial charge in [-0.3, -0.25) is 4.79 Å². The van der Waals surface area contributed by atoms with Crippen LogP contribution in [-0.2, 0) is 4.79 Å². The number of rotatable bonds is 2. The third-order valence-electron chi connectivity index (χ3n) is 1.96. The molecule has 0 heterocycles. The van der Waals surface area contributed by atoms with Gasteiger partial charge in [0.25, 0.3) is 5.91 Å². The summed E-state index contributed by atoms with van der Waals surface area (Å²) >= 11 is 2.23. The van der Waals surface area contributed by atoms with Gasteiger partial charge in [0.15, 0.2) is 0 Å². The molecule has 0 radical (unpaired) electrons. The van der Waals surface area contributed by atoms with Crippen molar-refractivity contribution in [1.82, 2.24) is 0 Å². The lowest BCUT2D eigenvalue weighted by molar-refractivity contribution is -0.113. The van der Waals surface area contributed by atoms with E-state index in [0.717, 1.165) is 14.8 Å². The summed E-state index contributed by atoms with van der Waals surface area (Å²) < 4.78 is 1.08. The molecule has 0 aliphatic carbocycles. The number of anilines is 1. The summed E-state index contributed by atoms with van der Waals surface area (Å²) in [6, 6.07) is 7.83. The Morgan fingerprint density at radius 3 is 2.47 bits per heavy atom. The van der Waals surface area contributed by atoms with Crippen molar-refractivity contribution in [2.75, 3.05) is 11.9 Å². The third kappa shape index (κ3) is 3.34. The number of amides is 1. The minimum atomic E-state index is 0.0131. The van der Waals surface area contributed by atoms with Crippen molar-refractivity contribution in [3.05, 3.63) is 39.5 Å². The highest BCUT2D eigenvalue weighted by molar-refractivity contribution is 14.1. The van der Waals surface area contributed by atoms with Crippen LogP contribution in [0.5, 0.6) is 0 Å². The fourth-order valence-corrected chi connectivity index (χ4v) is 1.94. The first kappa shape index (κ1) is 12.2. The Kier molecular flexibility index (Phi) is 4.32. The maximum absolute atomic E-state index is 11.8. The first-order chi connectivity index (χ1) is 7.02. The van der Waals surface area contributed by atoms with E-state index in [-0.39, 0.29) is 5.91 Å². The number of carbonyl (C=O) groups is 1. The Hall–Kier alpha value is -0.840. The van der Waals surface area contributed by atoms with Gasteiger partial charge in [-0.25, -0.2) is 0 Å². The summed E-state index contributed by atoms with van der Waals surface area (Å²) in [6.45, 7) is 3.84. The Morgan fingerprint density at radius 1 is 1.33 bits per heavy atom. The standard InChI is InChI=1S/C12H14INO/c1-9(2)8-12(15)14(3)11-7-5-4-6-10(11)13/h4-8H,1-3H3. The number of para-hydroxylation sites is 1. The smallest absolute Gasteiger partial charge is 0.250 e. The van der Waals surface area contributed by atoms with E-state index in [0.29, 0.717) is 0 Å². The van der Waals surface area contributed by atoms with Crippen molar-refractivity contribution in [3.8, 4) is 0 Å². The van der Waals surface area contributed by atoms with Gasteiger partial charge in [0, 0.05) is 16.7 Å².